The second-order valence-corrected chi connectivity index (χ2v) is 4.45. The van der Waals surface area contributed by atoms with Crippen LogP contribution in [-0.2, 0) is 9.59 Å². The molecule has 0 saturated carbocycles. The van der Waals surface area contributed by atoms with Crippen LogP contribution in [0.3, 0.4) is 0 Å². The summed E-state index contributed by atoms with van der Waals surface area (Å²) in [5.41, 5.74) is 1.35. The third-order valence-electron chi connectivity index (χ3n) is 2.95. The molecule has 2 amide bonds. The van der Waals surface area contributed by atoms with Crippen molar-refractivity contribution in [1.29, 1.82) is 0 Å². The summed E-state index contributed by atoms with van der Waals surface area (Å²) in [6, 6.07) is 7.10. The lowest BCUT2D eigenvalue weighted by Crippen LogP contribution is -2.39. The van der Waals surface area contributed by atoms with Crippen LogP contribution < -0.4 is 10.2 Å². The number of nitrogens with zero attached hydrogens (tertiary/aromatic N) is 1. The number of unbranched alkanes of at least 4 members (excludes halogenated alkanes) is 1. The molecular formula is C16H20N2O2. The fraction of sp³-hybridized carbons (Fsp3) is 0.375. The summed E-state index contributed by atoms with van der Waals surface area (Å²) >= 11 is 0. The molecule has 1 aromatic carbocycles. The van der Waals surface area contributed by atoms with Gasteiger partial charge in [0.25, 0.3) is 0 Å². The summed E-state index contributed by atoms with van der Waals surface area (Å²) < 4.78 is 0. The monoisotopic (exact) mass is 272 g/mol. The molecule has 4 heteroatoms. The van der Waals surface area contributed by atoms with Crippen LogP contribution in [0.2, 0.25) is 0 Å². The summed E-state index contributed by atoms with van der Waals surface area (Å²) in [5, 5.41) is 2.53. The molecule has 1 aromatic rings. The number of likely N-dealkylation sites (N-methyl/N-ethyl adjacent to an activating group) is 1. The summed E-state index contributed by atoms with van der Waals surface area (Å²) in [4.78, 5) is 25.3. The molecule has 0 bridgehead atoms. The van der Waals surface area contributed by atoms with Gasteiger partial charge in [0, 0.05) is 24.7 Å². The Balaban J connectivity index is 2.99. The zero-order valence-electron chi connectivity index (χ0n) is 12.0. The van der Waals surface area contributed by atoms with E-state index in [2.05, 4.69) is 11.2 Å². The molecule has 0 unspecified atom stereocenters. The maximum absolute atomic E-state index is 12.2. The van der Waals surface area contributed by atoms with E-state index in [4.69, 9.17) is 6.42 Å². The molecule has 1 rings (SSSR count). The molecule has 4 nitrogen and oxygen atoms in total. The SMILES string of the molecule is C#Cc1cccc(N(CC(=O)NC)C(=O)CCCC)c1. The fourth-order valence-corrected chi connectivity index (χ4v) is 1.77. The van der Waals surface area contributed by atoms with Crippen LogP contribution in [0.25, 0.3) is 0 Å². The summed E-state index contributed by atoms with van der Waals surface area (Å²) in [6.07, 6.45) is 7.53. The van der Waals surface area contributed by atoms with Gasteiger partial charge >= 0.3 is 0 Å². The zero-order chi connectivity index (χ0) is 15.0. The first-order valence-electron chi connectivity index (χ1n) is 6.70. The van der Waals surface area contributed by atoms with Crippen molar-refractivity contribution in [1.82, 2.24) is 5.32 Å². The topological polar surface area (TPSA) is 49.4 Å². The highest BCUT2D eigenvalue weighted by atomic mass is 16.2. The number of benzene rings is 1. The molecule has 0 aromatic heterocycles. The van der Waals surface area contributed by atoms with E-state index in [0.29, 0.717) is 17.7 Å². The van der Waals surface area contributed by atoms with Crippen LogP contribution in [0.15, 0.2) is 24.3 Å². The quantitative estimate of drug-likeness (QED) is 0.805. The fourth-order valence-electron chi connectivity index (χ4n) is 1.77. The molecule has 0 saturated heterocycles. The van der Waals surface area contributed by atoms with Crippen molar-refractivity contribution in [2.75, 3.05) is 18.5 Å². The van der Waals surface area contributed by atoms with E-state index in [1.165, 1.54) is 4.90 Å². The molecule has 0 aliphatic rings. The number of rotatable bonds is 6. The van der Waals surface area contributed by atoms with E-state index in [1.807, 2.05) is 6.92 Å². The minimum Gasteiger partial charge on any atom is -0.358 e. The number of carbonyl (C=O) groups is 2. The lowest BCUT2D eigenvalue weighted by atomic mass is 10.1. The van der Waals surface area contributed by atoms with E-state index in [0.717, 1.165) is 12.8 Å². The van der Waals surface area contributed by atoms with Crippen LogP contribution in [0, 0.1) is 12.3 Å². The van der Waals surface area contributed by atoms with Gasteiger partial charge in [-0.3, -0.25) is 9.59 Å². The second kappa shape index (κ2) is 8.00. The summed E-state index contributed by atoms with van der Waals surface area (Å²) in [6.45, 7) is 2.03. The van der Waals surface area contributed by atoms with Gasteiger partial charge in [-0.1, -0.05) is 25.3 Å². The number of hydrogen-bond donors (Lipinski definition) is 1. The number of carbonyl (C=O) groups excluding carboxylic acids is 2. The van der Waals surface area contributed by atoms with E-state index in [9.17, 15) is 9.59 Å². The van der Waals surface area contributed by atoms with Gasteiger partial charge in [-0.25, -0.2) is 0 Å². The molecule has 0 radical (unpaired) electrons. The van der Waals surface area contributed by atoms with Crippen molar-refractivity contribution in [2.24, 2.45) is 0 Å². The molecule has 0 heterocycles. The van der Waals surface area contributed by atoms with Gasteiger partial charge in [0.2, 0.25) is 11.8 Å². The van der Waals surface area contributed by atoms with Crippen molar-refractivity contribution >= 4 is 17.5 Å². The third kappa shape index (κ3) is 4.43. The second-order valence-electron chi connectivity index (χ2n) is 4.45. The number of nitrogens with one attached hydrogen (secondary N) is 1. The van der Waals surface area contributed by atoms with Crippen LogP contribution in [0.5, 0.6) is 0 Å². The van der Waals surface area contributed by atoms with Crippen LogP contribution in [0.1, 0.15) is 31.7 Å². The first kappa shape index (κ1) is 15.8. The Labute approximate surface area is 120 Å². The maximum Gasteiger partial charge on any atom is 0.239 e. The van der Waals surface area contributed by atoms with Gasteiger partial charge in [-0.05, 0) is 24.6 Å². The first-order chi connectivity index (χ1) is 9.62. The van der Waals surface area contributed by atoms with E-state index >= 15 is 0 Å². The van der Waals surface area contributed by atoms with Gasteiger partial charge in [0.15, 0.2) is 0 Å². The molecule has 106 valence electrons. The Bertz CT molecular complexity index is 517. The highest BCUT2D eigenvalue weighted by Gasteiger charge is 2.18. The molecule has 0 fully saturated rings. The third-order valence-corrected chi connectivity index (χ3v) is 2.95. The Morgan fingerprint density at radius 1 is 1.40 bits per heavy atom. The predicted molar refractivity (Wildman–Crippen MR) is 80.3 cm³/mol. The van der Waals surface area contributed by atoms with Gasteiger partial charge in [-0.15, -0.1) is 6.42 Å². The van der Waals surface area contributed by atoms with E-state index in [1.54, 1.807) is 31.3 Å². The summed E-state index contributed by atoms with van der Waals surface area (Å²) in [5.74, 6) is 2.26. The Morgan fingerprint density at radius 3 is 2.75 bits per heavy atom. The zero-order valence-corrected chi connectivity index (χ0v) is 12.0. The van der Waals surface area contributed by atoms with Crippen molar-refractivity contribution in [3.63, 3.8) is 0 Å². The van der Waals surface area contributed by atoms with Crippen LogP contribution >= 0.6 is 0 Å². The number of terminal acetylenes is 1. The Hall–Kier alpha value is -2.28. The van der Waals surface area contributed by atoms with Gasteiger partial charge in [0.05, 0.1) is 0 Å². The van der Waals surface area contributed by atoms with Gasteiger partial charge < -0.3 is 10.2 Å². The van der Waals surface area contributed by atoms with Crippen LogP contribution in [-0.4, -0.2) is 25.4 Å². The molecule has 0 spiro atoms. The molecule has 20 heavy (non-hydrogen) atoms. The average molecular weight is 272 g/mol. The lowest BCUT2D eigenvalue weighted by Gasteiger charge is -2.22. The van der Waals surface area contributed by atoms with Gasteiger partial charge in [0.1, 0.15) is 6.54 Å². The molecule has 0 atom stereocenters. The van der Waals surface area contributed by atoms with Crippen molar-refractivity contribution in [2.45, 2.75) is 26.2 Å². The van der Waals surface area contributed by atoms with E-state index < -0.39 is 0 Å². The maximum atomic E-state index is 12.2. The number of amides is 2. The highest BCUT2D eigenvalue weighted by Crippen LogP contribution is 2.17. The Kier molecular flexibility index (Phi) is 6.31. The van der Waals surface area contributed by atoms with Crippen molar-refractivity contribution in [3.05, 3.63) is 29.8 Å². The lowest BCUT2D eigenvalue weighted by molar-refractivity contribution is -0.123. The first-order valence-corrected chi connectivity index (χ1v) is 6.70. The smallest absolute Gasteiger partial charge is 0.239 e. The van der Waals surface area contributed by atoms with Crippen molar-refractivity contribution in [3.8, 4) is 12.3 Å². The molecule has 0 aliphatic heterocycles. The minimum atomic E-state index is -0.207. The normalized spacial score (nSPS) is 9.65. The molecule has 1 N–H and O–H groups in total. The summed E-state index contributed by atoms with van der Waals surface area (Å²) in [7, 11) is 1.55. The average Bonchev–Trinajstić information content (AvgIpc) is 2.49. The standard InChI is InChI=1S/C16H20N2O2/c1-4-6-10-16(20)18(12-15(19)17-3)14-9-7-8-13(5-2)11-14/h2,7-9,11H,4,6,10,12H2,1,3H3,(H,17,19). The largest absolute Gasteiger partial charge is 0.358 e. The molecule has 0 aliphatic carbocycles. The van der Waals surface area contributed by atoms with Crippen molar-refractivity contribution < 1.29 is 9.59 Å². The number of anilines is 1. The highest BCUT2D eigenvalue weighted by molar-refractivity contribution is 5.98. The number of hydrogen-bond acceptors (Lipinski definition) is 2. The minimum absolute atomic E-state index is 0.00702. The van der Waals surface area contributed by atoms with Gasteiger partial charge in [-0.2, -0.15) is 0 Å². The molecular weight excluding hydrogens is 252 g/mol. The van der Waals surface area contributed by atoms with Crippen LogP contribution in [0.4, 0.5) is 5.69 Å². The van der Waals surface area contributed by atoms with E-state index in [-0.39, 0.29) is 18.4 Å². The predicted octanol–water partition coefficient (Wildman–Crippen LogP) is 1.94. The Morgan fingerprint density at radius 2 is 2.15 bits per heavy atom.